The number of carbonyl (C=O) groups excluding carboxylic acids is 2. The predicted octanol–water partition coefficient (Wildman–Crippen LogP) is 4.36. The van der Waals surface area contributed by atoms with Gasteiger partial charge >= 0.3 is 0 Å². The summed E-state index contributed by atoms with van der Waals surface area (Å²) in [5.74, 6) is 1.22. The van der Waals surface area contributed by atoms with Crippen molar-refractivity contribution in [1.29, 1.82) is 0 Å². The lowest BCUT2D eigenvalue weighted by Gasteiger charge is -2.16. The zero-order chi connectivity index (χ0) is 29.7. The molecule has 212 valence electrons. The summed E-state index contributed by atoms with van der Waals surface area (Å²) in [5, 5.41) is 16.7. The molecule has 1 aliphatic rings. The largest absolute Gasteiger partial charge is 0.507 e. The van der Waals surface area contributed by atoms with Gasteiger partial charge in [0.15, 0.2) is 23.6 Å². The van der Waals surface area contributed by atoms with Crippen LogP contribution in [0.3, 0.4) is 0 Å². The molecule has 0 aliphatic heterocycles. The molecular formula is C31H24N8O4. The fourth-order valence-corrected chi connectivity index (χ4v) is 5.43. The van der Waals surface area contributed by atoms with Crippen molar-refractivity contribution in [3.63, 3.8) is 0 Å². The van der Waals surface area contributed by atoms with Crippen LogP contribution in [0.5, 0.6) is 5.75 Å². The smallest absolute Gasteiger partial charge is 0.276 e. The van der Waals surface area contributed by atoms with E-state index < -0.39 is 0 Å². The molecule has 0 spiro atoms. The highest BCUT2D eigenvalue weighted by Crippen LogP contribution is 2.36. The van der Waals surface area contributed by atoms with Gasteiger partial charge in [0.25, 0.3) is 11.8 Å². The van der Waals surface area contributed by atoms with E-state index in [1.807, 2.05) is 28.8 Å². The van der Waals surface area contributed by atoms with Crippen LogP contribution in [0.1, 0.15) is 50.1 Å². The zero-order valence-corrected chi connectivity index (χ0v) is 22.9. The van der Waals surface area contributed by atoms with Crippen molar-refractivity contribution >= 4 is 29.2 Å². The first-order valence-corrected chi connectivity index (χ1v) is 13.5. The van der Waals surface area contributed by atoms with Gasteiger partial charge in [-0.05, 0) is 85.5 Å². The van der Waals surface area contributed by atoms with Crippen LogP contribution >= 0.6 is 0 Å². The highest BCUT2D eigenvalue weighted by atomic mass is 16.5. The molecule has 12 heteroatoms. The number of aromatic nitrogens is 6. The molecule has 1 amide bonds. The average molecular weight is 573 g/mol. The number of nitrogens with zero attached hydrogens (tertiary/aromatic N) is 6. The quantitative estimate of drug-likeness (QED) is 0.243. The Kier molecular flexibility index (Phi) is 6.16. The molecule has 0 saturated carbocycles. The fraction of sp³-hybridized carbons (Fsp3) is 0.129. The number of imidazole rings is 1. The third-order valence-electron chi connectivity index (χ3n) is 7.52. The molecule has 0 unspecified atom stereocenters. The summed E-state index contributed by atoms with van der Waals surface area (Å²) in [6, 6.07) is 17.3. The van der Waals surface area contributed by atoms with Gasteiger partial charge in [-0.15, -0.1) is 0 Å². The Hall–Kier alpha value is -5.91. The molecule has 0 bridgehead atoms. The Labute approximate surface area is 244 Å². The standard InChI is InChI=1S/C31H24N8O4/c1-16-34-31(43-38-16)25-10-9-24-29(36-25)39(28(35-24)22-3-2-12-33-27(22)32)20-6-7-21-17(14-20)4-8-23(21)37-30(42)18-5-11-26(41)19(13-18)15-40/h2-3,5-7,9-15,23,41H,4,8H2,1H3,(H2,32,33)(H,37,42)/t23-/m0/s1. The second-order valence-electron chi connectivity index (χ2n) is 10.2. The first-order chi connectivity index (χ1) is 20.9. The lowest BCUT2D eigenvalue weighted by Crippen LogP contribution is -2.27. The molecule has 6 aromatic rings. The summed E-state index contributed by atoms with van der Waals surface area (Å²) in [7, 11) is 0. The SMILES string of the molecule is Cc1noc(-c2ccc3nc(-c4cccnc4N)n(-c4ccc5c(c4)CC[C@@H]5NC(=O)c4ccc(O)c(C=O)c4)c3n2)n1. The average Bonchev–Trinajstić information content (AvgIpc) is 3.73. The number of fused-ring (bicyclic) bond motifs is 2. The molecule has 2 aromatic carbocycles. The van der Waals surface area contributed by atoms with E-state index in [0.29, 0.717) is 64.0 Å². The Morgan fingerprint density at radius 1 is 1.12 bits per heavy atom. The number of nitrogens with one attached hydrogen (secondary N) is 1. The normalized spacial score (nSPS) is 14.1. The molecule has 7 rings (SSSR count). The number of aryl methyl sites for hydroxylation is 2. The maximum absolute atomic E-state index is 13.0. The van der Waals surface area contributed by atoms with Gasteiger partial charge in [0.05, 0.1) is 17.2 Å². The molecule has 4 aromatic heterocycles. The maximum atomic E-state index is 13.0. The Balaban J connectivity index is 1.29. The minimum absolute atomic E-state index is 0.0627. The molecule has 0 radical (unpaired) electrons. The predicted molar refractivity (Wildman–Crippen MR) is 157 cm³/mol. The second kappa shape index (κ2) is 10.2. The van der Waals surface area contributed by atoms with Crippen LogP contribution in [0.2, 0.25) is 0 Å². The van der Waals surface area contributed by atoms with Gasteiger partial charge in [-0.25, -0.2) is 15.0 Å². The summed E-state index contributed by atoms with van der Waals surface area (Å²) < 4.78 is 7.29. The number of carbonyl (C=O) groups is 2. The maximum Gasteiger partial charge on any atom is 0.276 e. The van der Waals surface area contributed by atoms with E-state index >= 15 is 0 Å². The minimum atomic E-state index is -0.326. The molecule has 4 N–H and O–H groups in total. The number of benzene rings is 2. The number of aldehydes is 1. The molecule has 43 heavy (non-hydrogen) atoms. The van der Waals surface area contributed by atoms with Crippen LogP contribution in [0, 0.1) is 6.92 Å². The monoisotopic (exact) mass is 572 g/mol. The Morgan fingerprint density at radius 3 is 2.79 bits per heavy atom. The van der Waals surface area contributed by atoms with Gasteiger partial charge in [-0.2, -0.15) is 4.98 Å². The van der Waals surface area contributed by atoms with Gasteiger partial charge in [-0.1, -0.05) is 11.2 Å². The molecule has 1 atom stereocenters. The molecular weight excluding hydrogens is 548 g/mol. The van der Waals surface area contributed by atoms with Crippen LogP contribution in [0.15, 0.2) is 71.4 Å². The number of amides is 1. The van der Waals surface area contributed by atoms with Crippen molar-refractivity contribution in [1.82, 2.24) is 35.0 Å². The van der Waals surface area contributed by atoms with Crippen LogP contribution in [0.4, 0.5) is 5.82 Å². The first kappa shape index (κ1) is 26.0. The van der Waals surface area contributed by atoms with Crippen molar-refractivity contribution in [2.45, 2.75) is 25.8 Å². The third-order valence-corrected chi connectivity index (χ3v) is 7.52. The van der Waals surface area contributed by atoms with Gasteiger partial charge in [-0.3, -0.25) is 14.2 Å². The van der Waals surface area contributed by atoms with Crippen molar-refractivity contribution in [3.05, 3.63) is 94.9 Å². The number of rotatable bonds is 6. The van der Waals surface area contributed by atoms with E-state index in [9.17, 15) is 14.7 Å². The summed E-state index contributed by atoms with van der Waals surface area (Å²) in [6.07, 6.45) is 3.59. The molecule has 0 saturated heterocycles. The molecule has 1 aliphatic carbocycles. The number of phenolic OH excluding ortho intramolecular Hbond substituents is 1. The highest BCUT2D eigenvalue weighted by Gasteiger charge is 2.27. The highest BCUT2D eigenvalue weighted by molar-refractivity contribution is 5.96. The number of nitrogens with two attached hydrogens (primary N) is 1. The van der Waals surface area contributed by atoms with E-state index in [4.69, 9.17) is 20.2 Å². The second-order valence-corrected chi connectivity index (χ2v) is 10.2. The van der Waals surface area contributed by atoms with Crippen molar-refractivity contribution in [2.24, 2.45) is 0 Å². The number of pyridine rings is 2. The van der Waals surface area contributed by atoms with Gasteiger partial charge in [0.2, 0.25) is 0 Å². The number of phenols is 1. The topological polar surface area (TPSA) is 175 Å². The van der Waals surface area contributed by atoms with Gasteiger partial charge in [0.1, 0.15) is 22.8 Å². The summed E-state index contributed by atoms with van der Waals surface area (Å²) >= 11 is 0. The minimum Gasteiger partial charge on any atom is -0.507 e. The van der Waals surface area contributed by atoms with E-state index in [0.717, 1.165) is 23.2 Å². The number of hydrogen-bond donors (Lipinski definition) is 3. The number of hydrogen-bond acceptors (Lipinski definition) is 10. The summed E-state index contributed by atoms with van der Waals surface area (Å²) in [4.78, 5) is 42.5. The van der Waals surface area contributed by atoms with Crippen LogP contribution < -0.4 is 11.1 Å². The van der Waals surface area contributed by atoms with Gasteiger partial charge < -0.3 is 20.7 Å². The lowest BCUT2D eigenvalue weighted by atomic mass is 10.1. The van der Waals surface area contributed by atoms with Crippen molar-refractivity contribution in [3.8, 4) is 34.4 Å². The first-order valence-electron chi connectivity index (χ1n) is 13.5. The van der Waals surface area contributed by atoms with Crippen molar-refractivity contribution in [2.75, 3.05) is 5.73 Å². The van der Waals surface area contributed by atoms with E-state index in [2.05, 4.69) is 26.5 Å². The van der Waals surface area contributed by atoms with Crippen LogP contribution in [-0.4, -0.2) is 47.0 Å². The number of anilines is 1. The van der Waals surface area contributed by atoms with E-state index in [-0.39, 0.29) is 23.3 Å². The van der Waals surface area contributed by atoms with E-state index in [1.165, 1.54) is 18.2 Å². The fourth-order valence-electron chi connectivity index (χ4n) is 5.43. The van der Waals surface area contributed by atoms with Gasteiger partial charge in [0, 0.05) is 17.4 Å². The van der Waals surface area contributed by atoms with E-state index in [1.54, 1.807) is 25.3 Å². The van der Waals surface area contributed by atoms with Crippen LogP contribution in [0.25, 0.3) is 39.8 Å². The zero-order valence-electron chi connectivity index (χ0n) is 22.9. The number of aromatic hydroxyl groups is 1. The summed E-state index contributed by atoms with van der Waals surface area (Å²) in [5.41, 5.74) is 11.9. The Morgan fingerprint density at radius 2 is 2.00 bits per heavy atom. The molecule has 4 heterocycles. The Bertz CT molecular complexity index is 2060. The molecule has 0 fully saturated rings. The summed E-state index contributed by atoms with van der Waals surface area (Å²) in [6.45, 7) is 1.74. The third kappa shape index (κ3) is 4.54. The molecule has 12 nitrogen and oxygen atoms in total. The van der Waals surface area contributed by atoms with Crippen molar-refractivity contribution < 1.29 is 19.2 Å². The number of nitrogen functional groups attached to an aromatic ring is 1. The lowest BCUT2D eigenvalue weighted by molar-refractivity contribution is 0.0936. The van der Waals surface area contributed by atoms with Crippen LogP contribution in [-0.2, 0) is 6.42 Å².